The van der Waals surface area contributed by atoms with Gasteiger partial charge in [0, 0.05) is 43.7 Å². The van der Waals surface area contributed by atoms with Crippen molar-refractivity contribution < 1.29 is 4.79 Å². The fourth-order valence-electron chi connectivity index (χ4n) is 3.79. The van der Waals surface area contributed by atoms with E-state index in [1.807, 2.05) is 78.4 Å². The topological polar surface area (TPSA) is 77.1 Å². The third-order valence-electron chi connectivity index (χ3n) is 5.44. The Kier molecular flexibility index (Phi) is 5.21. The van der Waals surface area contributed by atoms with Gasteiger partial charge in [-0.25, -0.2) is 4.98 Å². The van der Waals surface area contributed by atoms with E-state index in [9.17, 15) is 4.79 Å². The molecule has 0 radical (unpaired) electrons. The molecule has 7 nitrogen and oxygen atoms in total. The first-order valence-corrected chi connectivity index (χ1v) is 10.4. The Morgan fingerprint density at radius 2 is 1.88 bits per heavy atom. The molecule has 0 saturated heterocycles. The zero-order chi connectivity index (χ0) is 21.9. The third-order valence-corrected chi connectivity index (χ3v) is 5.44. The number of nitrogens with one attached hydrogen (secondary N) is 1. The minimum Gasteiger partial charge on any atom is -0.348 e. The first kappa shape index (κ1) is 19.7. The van der Waals surface area contributed by atoms with Crippen LogP contribution in [0.15, 0.2) is 85.7 Å². The molecule has 32 heavy (non-hydrogen) atoms. The van der Waals surface area contributed by atoms with Gasteiger partial charge in [0.25, 0.3) is 5.91 Å². The Bertz CT molecular complexity index is 1370. The summed E-state index contributed by atoms with van der Waals surface area (Å²) in [5.41, 5.74) is 5.27. The molecule has 0 saturated carbocycles. The highest BCUT2D eigenvalue weighted by Gasteiger charge is 2.18. The quantitative estimate of drug-likeness (QED) is 0.451. The van der Waals surface area contributed by atoms with Gasteiger partial charge in [0.05, 0.1) is 23.3 Å². The van der Waals surface area contributed by atoms with E-state index in [-0.39, 0.29) is 5.91 Å². The van der Waals surface area contributed by atoms with Crippen LogP contribution >= 0.6 is 0 Å². The molecule has 0 aliphatic heterocycles. The van der Waals surface area contributed by atoms with E-state index in [2.05, 4.69) is 19.9 Å². The average Bonchev–Trinajstić information content (AvgIpc) is 3.39. The van der Waals surface area contributed by atoms with Gasteiger partial charge in [-0.15, -0.1) is 0 Å². The molecule has 7 heteroatoms. The number of pyridine rings is 3. The minimum atomic E-state index is -0.122. The van der Waals surface area contributed by atoms with Crippen molar-refractivity contribution in [3.05, 3.63) is 108 Å². The van der Waals surface area contributed by atoms with Crippen LogP contribution in [0.2, 0.25) is 0 Å². The highest BCUT2D eigenvalue weighted by atomic mass is 16.1. The number of carbonyl (C=O) groups is 1. The first-order valence-electron chi connectivity index (χ1n) is 10.4. The molecule has 1 N–H and O–H groups in total. The Labute approximate surface area is 185 Å². The van der Waals surface area contributed by atoms with E-state index in [1.165, 1.54) is 0 Å². The molecule has 1 amide bonds. The number of rotatable bonds is 6. The van der Waals surface area contributed by atoms with Gasteiger partial charge in [0.2, 0.25) is 0 Å². The van der Waals surface area contributed by atoms with Crippen molar-refractivity contribution in [2.24, 2.45) is 0 Å². The van der Waals surface area contributed by atoms with Gasteiger partial charge < -0.3 is 14.3 Å². The summed E-state index contributed by atoms with van der Waals surface area (Å²) < 4.78 is 4.11. The molecule has 158 valence electrons. The summed E-state index contributed by atoms with van der Waals surface area (Å²) in [6, 6.07) is 15.5. The summed E-state index contributed by atoms with van der Waals surface area (Å²) in [7, 11) is 0. The highest BCUT2D eigenvalue weighted by Crippen LogP contribution is 2.26. The number of nitrogens with zero attached hydrogens (tertiary/aromatic N) is 5. The summed E-state index contributed by atoms with van der Waals surface area (Å²) in [6.45, 7) is 3.12. The molecule has 0 bridgehead atoms. The van der Waals surface area contributed by atoms with Crippen molar-refractivity contribution in [2.75, 3.05) is 0 Å². The van der Waals surface area contributed by atoms with Crippen LogP contribution in [-0.4, -0.2) is 29.8 Å². The zero-order valence-electron chi connectivity index (χ0n) is 17.6. The number of amides is 1. The smallest absolute Gasteiger partial charge is 0.253 e. The number of hydrogen-bond donors (Lipinski definition) is 1. The van der Waals surface area contributed by atoms with Gasteiger partial charge in [-0.3, -0.25) is 14.8 Å². The van der Waals surface area contributed by atoms with Crippen LogP contribution in [0.4, 0.5) is 0 Å². The zero-order valence-corrected chi connectivity index (χ0v) is 17.6. The van der Waals surface area contributed by atoms with Gasteiger partial charge in [0.1, 0.15) is 11.5 Å². The van der Waals surface area contributed by atoms with E-state index < -0.39 is 0 Å². The van der Waals surface area contributed by atoms with Crippen LogP contribution in [0, 0.1) is 6.92 Å². The maximum Gasteiger partial charge on any atom is 0.253 e. The number of hydrogen-bond acceptors (Lipinski definition) is 4. The number of imidazole rings is 1. The molecule has 0 spiro atoms. The maximum atomic E-state index is 13.0. The van der Waals surface area contributed by atoms with Crippen LogP contribution in [-0.2, 0) is 13.1 Å². The van der Waals surface area contributed by atoms with Crippen molar-refractivity contribution in [1.29, 1.82) is 0 Å². The standard InChI is InChI=1S/C25H22N6O/c1-18-29-22(17-30(18)16-20-5-4-9-27-14-20)24-13-21(23-6-2-3-12-31(23)24)25(32)28-15-19-7-10-26-11-8-19/h2-14,17H,15-16H2,1H3,(H,28,32). The number of fused-ring (bicyclic) bond motifs is 1. The van der Waals surface area contributed by atoms with Gasteiger partial charge in [-0.05, 0) is 54.4 Å². The van der Waals surface area contributed by atoms with E-state index in [0.29, 0.717) is 18.7 Å². The molecule has 0 fully saturated rings. The molecule has 0 unspecified atom stereocenters. The lowest BCUT2D eigenvalue weighted by Gasteiger charge is -2.04. The number of aromatic nitrogens is 5. The third kappa shape index (κ3) is 3.88. The van der Waals surface area contributed by atoms with Gasteiger partial charge in [-0.1, -0.05) is 12.1 Å². The normalized spacial score (nSPS) is 11.0. The monoisotopic (exact) mass is 422 g/mol. The second-order valence-corrected chi connectivity index (χ2v) is 7.60. The number of carbonyl (C=O) groups excluding carboxylic acids is 1. The summed E-state index contributed by atoms with van der Waals surface area (Å²) >= 11 is 0. The fourth-order valence-corrected chi connectivity index (χ4v) is 3.79. The summed E-state index contributed by atoms with van der Waals surface area (Å²) in [5, 5.41) is 3.01. The second-order valence-electron chi connectivity index (χ2n) is 7.60. The molecule has 5 rings (SSSR count). The predicted molar refractivity (Wildman–Crippen MR) is 122 cm³/mol. The molecule has 0 aliphatic carbocycles. The predicted octanol–water partition coefficient (Wildman–Crippen LogP) is 3.88. The van der Waals surface area contributed by atoms with Crippen molar-refractivity contribution in [2.45, 2.75) is 20.0 Å². The lowest BCUT2D eigenvalue weighted by atomic mass is 10.2. The Morgan fingerprint density at radius 3 is 2.69 bits per heavy atom. The molecular formula is C25H22N6O. The van der Waals surface area contributed by atoms with E-state index in [0.717, 1.165) is 33.9 Å². The molecule has 5 aromatic rings. The van der Waals surface area contributed by atoms with E-state index in [4.69, 9.17) is 4.98 Å². The van der Waals surface area contributed by atoms with Crippen molar-refractivity contribution >= 4 is 11.4 Å². The molecule has 5 aromatic heterocycles. The van der Waals surface area contributed by atoms with Gasteiger partial charge in [-0.2, -0.15) is 0 Å². The average molecular weight is 422 g/mol. The van der Waals surface area contributed by atoms with E-state index >= 15 is 0 Å². The van der Waals surface area contributed by atoms with Crippen LogP contribution in [0.25, 0.3) is 16.9 Å². The van der Waals surface area contributed by atoms with Gasteiger partial charge in [0.15, 0.2) is 0 Å². The number of aryl methyl sites for hydroxylation is 1. The minimum absolute atomic E-state index is 0.122. The highest BCUT2D eigenvalue weighted by molar-refractivity contribution is 6.02. The summed E-state index contributed by atoms with van der Waals surface area (Å²) in [5.74, 6) is 0.779. The van der Waals surface area contributed by atoms with Gasteiger partial charge >= 0.3 is 0 Å². The lowest BCUT2D eigenvalue weighted by Crippen LogP contribution is -2.22. The van der Waals surface area contributed by atoms with Crippen molar-refractivity contribution in [1.82, 2.24) is 29.2 Å². The van der Waals surface area contributed by atoms with Crippen LogP contribution in [0.3, 0.4) is 0 Å². The largest absolute Gasteiger partial charge is 0.348 e. The van der Waals surface area contributed by atoms with Crippen molar-refractivity contribution in [3.63, 3.8) is 0 Å². The first-order chi connectivity index (χ1) is 15.7. The molecule has 0 aliphatic rings. The SMILES string of the molecule is Cc1nc(-c2cc(C(=O)NCc3ccncc3)c3ccccn23)cn1Cc1cccnc1. The Balaban J connectivity index is 1.46. The Morgan fingerprint density at radius 1 is 1.00 bits per heavy atom. The van der Waals surface area contributed by atoms with Crippen LogP contribution < -0.4 is 5.32 Å². The summed E-state index contributed by atoms with van der Waals surface area (Å²) in [6.07, 6.45) is 11.0. The second kappa shape index (κ2) is 8.47. The Hall–Kier alpha value is -4.26. The van der Waals surface area contributed by atoms with Crippen molar-refractivity contribution in [3.8, 4) is 11.4 Å². The summed E-state index contributed by atoms with van der Waals surface area (Å²) in [4.78, 5) is 26.0. The molecule has 0 atom stereocenters. The van der Waals surface area contributed by atoms with Crippen LogP contribution in [0.1, 0.15) is 27.3 Å². The lowest BCUT2D eigenvalue weighted by molar-refractivity contribution is 0.0952. The molecule has 5 heterocycles. The fraction of sp³-hybridized carbons (Fsp3) is 0.120. The molecule has 0 aromatic carbocycles. The van der Waals surface area contributed by atoms with E-state index in [1.54, 1.807) is 18.6 Å². The van der Waals surface area contributed by atoms with Crippen LogP contribution in [0.5, 0.6) is 0 Å². The molecular weight excluding hydrogens is 400 g/mol. The maximum absolute atomic E-state index is 13.0.